The molecule has 0 unspecified atom stereocenters. The minimum Gasteiger partial charge on any atom is -0.355 e. The monoisotopic (exact) mass is 678 g/mol. The number of rotatable bonds is 4. The third-order valence-corrected chi connectivity index (χ3v) is 9.57. The highest BCUT2D eigenvalue weighted by atomic mass is 79.9. The van der Waals surface area contributed by atoms with E-state index in [4.69, 9.17) is 0 Å². The van der Waals surface area contributed by atoms with Gasteiger partial charge >= 0.3 is 0 Å². The molecule has 0 radical (unpaired) electrons. The minimum atomic E-state index is -4.45. The molecular weight excluding hydrogens is 660 g/mol. The summed E-state index contributed by atoms with van der Waals surface area (Å²) >= 11 is 7.16. The molecule has 7 nitrogen and oxygen atoms in total. The number of benzene rings is 4. The summed E-state index contributed by atoms with van der Waals surface area (Å²) in [5.41, 5.74) is 5.21. The molecule has 0 spiro atoms. The van der Waals surface area contributed by atoms with Crippen LogP contribution in [0, 0.1) is 13.8 Å². The Hall–Kier alpha value is -3.57. The fourth-order valence-corrected chi connectivity index (χ4v) is 6.92. The highest BCUT2D eigenvalue weighted by Crippen LogP contribution is 2.43. The van der Waals surface area contributed by atoms with E-state index >= 15 is 0 Å². The maximum atomic E-state index is 14.0. The van der Waals surface area contributed by atoms with E-state index in [1.165, 1.54) is 6.07 Å². The van der Waals surface area contributed by atoms with Crippen LogP contribution in [0.4, 0.5) is 11.4 Å². The number of pyridine rings is 1. The summed E-state index contributed by atoms with van der Waals surface area (Å²) in [4.78, 5) is 27.4. The van der Waals surface area contributed by atoms with E-state index in [1.807, 2.05) is 31.2 Å². The lowest BCUT2D eigenvalue weighted by molar-refractivity contribution is 0.104. The van der Waals surface area contributed by atoms with Crippen LogP contribution < -0.4 is 10.9 Å². The van der Waals surface area contributed by atoms with Crippen molar-refractivity contribution in [2.75, 3.05) is 5.32 Å². The Balaban J connectivity index is 1.67. The van der Waals surface area contributed by atoms with Crippen LogP contribution in [0.25, 0.3) is 27.7 Å². The number of nitrogens with one attached hydrogen (secondary N) is 1. The number of carbonyl (C=O) groups excluding carboxylic acids is 1. The molecule has 0 saturated heterocycles. The van der Waals surface area contributed by atoms with E-state index in [-0.39, 0.29) is 16.2 Å². The van der Waals surface area contributed by atoms with Crippen molar-refractivity contribution in [1.82, 2.24) is 4.57 Å². The van der Waals surface area contributed by atoms with E-state index < -0.39 is 10.1 Å². The molecule has 1 aliphatic carbocycles. The topological polar surface area (TPSA) is 105 Å². The van der Waals surface area contributed by atoms with Gasteiger partial charge in [-0.1, -0.05) is 46.3 Å². The smallest absolute Gasteiger partial charge is 0.294 e. The minimum absolute atomic E-state index is 0.229. The van der Waals surface area contributed by atoms with Crippen LogP contribution in [-0.4, -0.2) is 23.3 Å². The molecule has 4 aromatic carbocycles. The molecule has 40 heavy (non-hydrogen) atoms. The molecule has 0 bridgehead atoms. The molecule has 200 valence electrons. The van der Waals surface area contributed by atoms with Crippen LogP contribution in [0.15, 0.2) is 91.4 Å². The molecule has 5 aromatic rings. The Morgan fingerprint density at radius 3 is 2.25 bits per heavy atom. The predicted octanol–water partition coefficient (Wildman–Crippen LogP) is 7.33. The van der Waals surface area contributed by atoms with Crippen molar-refractivity contribution in [3.05, 3.63) is 114 Å². The van der Waals surface area contributed by atoms with Crippen LogP contribution >= 0.6 is 31.9 Å². The number of hydrogen-bond donors (Lipinski definition) is 2. The van der Waals surface area contributed by atoms with Crippen molar-refractivity contribution in [3.63, 3.8) is 0 Å². The molecule has 0 atom stereocenters. The Kier molecular flexibility index (Phi) is 6.34. The average Bonchev–Trinajstić information content (AvgIpc) is 2.90. The van der Waals surface area contributed by atoms with E-state index in [2.05, 4.69) is 37.2 Å². The number of anilines is 2. The number of aryl methyl sites for hydroxylation is 2. The summed E-state index contributed by atoms with van der Waals surface area (Å²) in [6.45, 7) is 3.53. The Morgan fingerprint density at radius 1 is 0.800 bits per heavy atom. The van der Waals surface area contributed by atoms with Gasteiger partial charge in [-0.3, -0.25) is 18.7 Å². The van der Waals surface area contributed by atoms with Gasteiger partial charge in [-0.2, -0.15) is 8.42 Å². The third kappa shape index (κ3) is 4.23. The Bertz CT molecular complexity index is 2100. The number of carbonyl (C=O) groups is 1. The lowest BCUT2D eigenvalue weighted by atomic mass is 9.83. The molecule has 6 rings (SSSR count). The van der Waals surface area contributed by atoms with Gasteiger partial charge in [-0.15, -0.1) is 0 Å². The maximum absolute atomic E-state index is 14.0. The van der Waals surface area contributed by atoms with E-state index in [0.717, 1.165) is 10.0 Å². The summed E-state index contributed by atoms with van der Waals surface area (Å²) in [5, 5.41) is 3.78. The number of nitrogens with zero attached hydrogens (tertiary/aromatic N) is 1. The lowest BCUT2D eigenvalue weighted by Gasteiger charge is -2.25. The SMILES string of the molecule is Cc1cc(Br)c(-n2c(=O)cc3c4c(c(Nc5ccc(C)c(S(=O)(=O)O)c5)ccc42)C(=O)c2ccccc2-3)cc1Br. The van der Waals surface area contributed by atoms with E-state index in [9.17, 15) is 22.6 Å². The highest BCUT2D eigenvalue weighted by molar-refractivity contribution is 9.11. The second-order valence-corrected chi connectivity index (χ2v) is 12.7. The van der Waals surface area contributed by atoms with Crippen molar-refractivity contribution in [2.45, 2.75) is 18.7 Å². The van der Waals surface area contributed by atoms with Crippen LogP contribution in [0.3, 0.4) is 0 Å². The van der Waals surface area contributed by atoms with Gasteiger partial charge in [0.15, 0.2) is 5.78 Å². The summed E-state index contributed by atoms with van der Waals surface area (Å²) < 4.78 is 36.6. The largest absolute Gasteiger partial charge is 0.355 e. The van der Waals surface area contributed by atoms with Gasteiger partial charge in [0.05, 0.1) is 27.4 Å². The number of ketones is 1. The van der Waals surface area contributed by atoms with Crippen molar-refractivity contribution < 1.29 is 17.8 Å². The van der Waals surface area contributed by atoms with Crippen molar-refractivity contribution in [2.24, 2.45) is 0 Å². The van der Waals surface area contributed by atoms with E-state index in [1.54, 1.807) is 54.0 Å². The van der Waals surface area contributed by atoms with Crippen LogP contribution in [0.2, 0.25) is 0 Å². The zero-order valence-electron chi connectivity index (χ0n) is 21.1. The van der Waals surface area contributed by atoms with Crippen LogP contribution in [-0.2, 0) is 10.1 Å². The molecule has 0 amide bonds. The zero-order valence-corrected chi connectivity index (χ0v) is 25.1. The second kappa shape index (κ2) is 9.52. The van der Waals surface area contributed by atoms with Gasteiger partial charge in [0.25, 0.3) is 15.7 Å². The maximum Gasteiger partial charge on any atom is 0.294 e. The van der Waals surface area contributed by atoms with Crippen molar-refractivity contribution in [3.8, 4) is 16.8 Å². The summed E-state index contributed by atoms with van der Waals surface area (Å²) in [6, 6.07) is 20.5. The van der Waals surface area contributed by atoms with Gasteiger partial charge in [-0.05, 0) is 88.4 Å². The van der Waals surface area contributed by atoms with Gasteiger partial charge in [0, 0.05) is 31.6 Å². The predicted molar refractivity (Wildman–Crippen MR) is 163 cm³/mol. The first-order valence-corrected chi connectivity index (χ1v) is 15.2. The number of aromatic nitrogens is 1. The average molecular weight is 680 g/mol. The normalized spacial score (nSPS) is 12.5. The first-order valence-electron chi connectivity index (χ1n) is 12.1. The second-order valence-electron chi connectivity index (χ2n) is 9.62. The molecule has 2 N–H and O–H groups in total. The molecule has 1 aromatic heterocycles. The number of hydrogen-bond acceptors (Lipinski definition) is 5. The highest BCUT2D eigenvalue weighted by Gasteiger charge is 2.30. The lowest BCUT2D eigenvalue weighted by Crippen LogP contribution is -2.22. The first kappa shape index (κ1) is 26.6. The molecule has 1 heterocycles. The van der Waals surface area contributed by atoms with Gasteiger partial charge in [-0.25, -0.2) is 0 Å². The third-order valence-electron chi connectivity index (χ3n) is 7.08. The van der Waals surface area contributed by atoms with Gasteiger partial charge in [0.2, 0.25) is 0 Å². The fraction of sp³-hybridized carbons (Fsp3) is 0.0667. The zero-order chi connectivity index (χ0) is 28.5. The van der Waals surface area contributed by atoms with E-state index in [0.29, 0.717) is 60.3 Å². The Labute approximate surface area is 246 Å². The van der Waals surface area contributed by atoms with Crippen molar-refractivity contribution in [1.29, 1.82) is 0 Å². The molecule has 0 fully saturated rings. The first-order chi connectivity index (χ1) is 19.0. The molecule has 0 saturated carbocycles. The van der Waals surface area contributed by atoms with Crippen molar-refractivity contribution >= 4 is 70.0 Å². The fourth-order valence-electron chi connectivity index (χ4n) is 5.20. The standard InChI is InChI=1S/C30H20Br2N2O5S/c1-15-7-8-17(12-26(15)40(37,38)39)33-23-9-10-24-28-20(18-5-3-4-6-19(18)30(36)29(23)28)13-27(35)34(24)25-14-21(31)16(2)11-22(25)32/h3-14,33H,1-2H3,(H,37,38,39). The summed E-state index contributed by atoms with van der Waals surface area (Å²) in [6.07, 6.45) is 0. The number of fused-ring (bicyclic) bond motifs is 2. The molecule has 0 aliphatic heterocycles. The van der Waals surface area contributed by atoms with Gasteiger partial charge in [0.1, 0.15) is 0 Å². The molecule has 10 heteroatoms. The summed E-state index contributed by atoms with van der Waals surface area (Å²) in [5.74, 6) is -0.229. The van der Waals surface area contributed by atoms with Crippen LogP contribution in [0.1, 0.15) is 27.0 Å². The number of halogens is 2. The molecule has 1 aliphatic rings. The van der Waals surface area contributed by atoms with Gasteiger partial charge < -0.3 is 5.32 Å². The Morgan fingerprint density at radius 2 is 1.52 bits per heavy atom. The van der Waals surface area contributed by atoms with Crippen LogP contribution in [0.5, 0.6) is 0 Å². The summed E-state index contributed by atoms with van der Waals surface area (Å²) in [7, 11) is -4.45. The quantitative estimate of drug-likeness (QED) is 0.189. The molecular formula is C30H20Br2N2O5S.